The normalized spacial score (nSPS) is 18.2. The minimum Gasteiger partial charge on any atom is -0.508 e. The average molecular weight is 271 g/mol. The van der Waals surface area contributed by atoms with Gasteiger partial charge in [-0.3, -0.25) is 0 Å². The summed E-state index contributed by atoms with van der Waals surface area (Å²) in [6.45, 7) is 2.79. The molecule has 1 aliphatic rings. The number of nitrogens with one attached hydrogen (secondary N) is 1. The van der Waals surface area contributed by atoms with Crippen LogP contribution in [0, 0.1) is 5.82 Å². The topological polar surface area (TPSA) is 32.3 Å². The molecule has 0 aliphatic heterocycles. The lowest BCUT2D eigenvalue weighted by atomic mass is 9.77. The van der Waals surface area contributed by atoms with Crippen molar-refractivity contribution in [3.05, 3.63) is 65.0 Å². The molecule has 2 aromatic rings. The van der Waals surface area contributed by atoms with Gasteiger partial charge >= 0.3 is 0 Å². The van der Waals surface area contributed by atoms with E-state index in [1.165, 1.54) is 17.2 Å². The molecule has 2 aromatic carbocycles. The van der Waals surface area contributed by atoms with Crippen molar-refractivity contribution in [2.24, 2.45) is 0 Å². The molecule has 0 aromatic heterocycles. The summed E-state index contributed by atoms with van der Waals surface area (Å²) >= 11 is 0. The second-order valence-corrected chi connectivity index (χ2v) is 5.44. The molecule has 2 N–H and O–H groups in total. The lowest BCUT2D eigenvalue weighted by Gasteiger charge is -2.31. The monoisotopic (exact) mass is 271 g/mol. The van der Waals surface area contributed by atoms with E-state index in [0.29, 0.717) is 11.5 Å². The highest BCUT2D eigenvalue weighted by Crippen LogP contribution is 2.34. The van der Waals surface area contributed by atoms with E-state index in [-0.39, 0.29) is 17.6 Å². The Labute approximate surface area is 118 Å². The van der Waals surface area contributed by atoms with Gasteiger partial charge in [-0.05, 0) is 30.5 Å². The molecular weight excluding hydrogens is 253 g/mol. The van der Waals surface area contributed by atoms with Gasteiger partial charge in [0.1, 0.15) is 11.6 Å². The van der Waals surface area contributed by atoms with Crippen molar-refractivity contribution in [3.8, 4) is 5.75 Å². The van der Waals surface area contributed by atoms with Gasteiger partial charge in [0.05, 0.1) is 0 Å². The smallest absolute Gasteiger partial charge is 0.131 e. The SMILES string of the molecule is CC(NCC1Cc2ccccc21)c1ccc(O)cc1F. The molecule has 2 nitrogen and oxygen atoms in total. The zero-order valence-corrected chi connectivity index (χ0v) is 11.4. The van der Waals surface area contributed by atoms with Gasteiger partial charge in [0.2, 0.25) is 0 Å². The Bertz CT molecular complexity index is 626. The van der Waals surface area contributed by atoms with Crippen LogP contribution in [-0.4, -0.2) is 11.7 Å². The fourth-order valence-electron chi connectivity index (χ4n) is 2.84. The summed E-state index contributed by atoms with van der Waals surface area (Å²) in [6.07, 6.45) is 1.09. The summed E-state index contributed by atoms with van der Waals surface area (Å²) < 4.78 is 13.8. The van der Waals surface area contributed by atoms with Crippen molar-refractivity contribution in [2.75, 3.05) is 6.54 Å². The predicted octanol–water partition coefficient (Wildman–Crippen LogP) is 3.52. The predicted molar refractivity (Wildman–Crippen MR) is 77.4 cm³/mol. The number of benzene rings is 2. The van der Waals surface area contributed by atoms with E-state index in [4.69, 9.17) is 0 Å². The molecule has 104 valence electrons. The summed E-state index contributed by atoms with van der Waals surface area (Å²) in [6, 6.07) is 12.7. The molecular formula is C17H18FNO. The first-order chi connectivity index (χ1) is 9.65. The van der Waals surface area contributed by atoms with Crippen LogP contribution in [0.1, 0.15) is 35.6 Å². The third kappa shape index (κ3) is 2.41. The Morgan fingerprint density at radius 3 is 2.85 bits per heavy atom. The zero-order chi connectivity index (χ0) is 14.1. The van der Waals surface area contributed by atoms with Crippen LogP contribution in [0.2, 0.25) is 0 Å². The Kier molecular flexibility index (Phi) is 3.45. The molecule has 1 aliphatic carbocycles. The summed E-state index contributed by atoms with van der Waals surface area (Å²) in [5.74, 6) is 0.124. The van der Waals surface area contributed by atoms with Gasteiger partial charge in [-0.2, -0.15) is 0 Å². The Hall–Kier alpha value is -1.87. The first kappa shape index (κ1) is 13.1. The van der Waals surface area contributed by atoms with Gasteiger partial charge in [-0.15, -0.1) is 0 Å². The highest BCUT2D eigenvalue weighted by molar-refractivity contribution is 5.40. The van der Waals surface area contributed by atoms with Gasteiger partial charge in [0, 0.05) is 30.1 Å². The Morgan fingerprint density at radius 2 is 2.10 bits per heavy atom. The summed E-state index contributed by atoms with van der Waals surface area (Å²) in [5, 5.41) is 12.6. The third-order valence-electron chi connectivity index (χ3n) is 4.08. The number of phenolic OH excluding ortho intramolecular Hbond substituents is 1. The van der Waals surface area contributed by atoms with E-state index in [9.17, 15) is 9.50 Å². The standard InChI is InChI=1S/C17H18FNO/c1-11(15-7-6-14(20)9-17(15)18)19-10-13-8-12-4-2-3-5-16(12)13/h2-7,9,11,13,19-20H,8,10H2,1H3. The van der Waals surface area contributed by atoms with Crippen molar-refractivity contribution in [3.63, 3.8) is 0 Å². The van der Waals surface area contributed by atoms with Crippen molar-refractivity contribution in [1.82, 2.24) is 5.32 Å². The number of rotatable bonds is 4. The van der Waals surface area contributed by atoms with E-state index in [0.717, 1.165) is 19.0 Å². The second kappa shape index (κ2) is 5.25. The maximum Gasteiger partial charge on any atom is 0.131 e. The maximum atomic E-state index is 13.8. The van der Waals surface area contributed by atoms with E-state index in [1.807, 2.05) is 6.92 Å². The van der Waals surface area contributed by atoms with E-state index < -0.39 is 0 Å². The number of hydrogen-bond acceptors (Lipinski definition) is 2. The zero-order valence-electron chi connectivity index (χ0n) is 11.4. The first-order valence-corrected chi connectivity index (χ1v) is 6.94. The van der Waals surface area contributed by atoms with Gasteiger partial charge in [0.15, 0.2) is 0 Å². The van der Waals surface area contributed by atoms with Crippen molar-refractivity contribution >= 4 is 0 Å². The molecule has 2 atom stereocenters. The fourth-order valence-corrected chi connectivity index (χ4v) is 2.84. The molecule has 3 heteroatoms. The fraction of sp³-hybridized carbons (Fsp3) is 0.294. The van der Waals surface area contributed by atoms with Crippen LogP contribution in [-0.2, 0) is 6.42 Å². The van der Waals surface area contributed by atoms with Crippen LogP contribution in [0.3, 0.4) is 0 Å². The highest BCUT2D eigenvalue weighted by Gasteiger charge is 2.25. The molecule has 0 radical (unpaired) electrons. The van der Waals surface area contributed by atoms with Gasteiger partial charge < -0.3 is 10.4 Å². The lowest BCUT2D eigenvalue weighted by Crippen LogP contribution is -2.31. The van der Waals surface area contributed by atoms with Gasteiger partial charge in [-0.1, -0.05) is 30.3 Å². The molecule has 20 heavy (non-hydrogen) atoms. The van der Waals surface area contributed by atoms with Crippen LogP contribution >= 0.6 is 0 Å². The van der Waals surface area contributed by atoms with E-state index >= 15 is 0 Å². The Balaban J connectivity index is 1.62. The second-order valence-electron chi connectivity index (χ2n) is 5.44. The average Bonchev–Trinajstić information content (AvgIpc) is 2.39. The molecule has 0 amide bonds. The number of phenols is 1. The molecule has 2 unspecified atom stereocenters. The van der Waals surface area contributed by atoms with E-state index in [2.05, 4.69) is 29.6 Å². The van der Waals surface area contributed by atoms with Crippen LogP contribution in [0.5, 0.6) is 5.75 Å². The van der Waals surface area contributed by atoms with Crippen molar-refractivity contribution < 1.29 is 9.50 Å². The molecule has 0 saturated carbocycles. The van der Waals surface area contributed by atoms with Crippen LogP contribution in [0.25, 0.3) is 0 Å². The third-order valence-corrected chi connectivity index (χ3v) is 4.08. The molecule has 0 spiro atoms. The first-order valence-electron chi connectivity index (χ1n) is 6.94. The highest BCUT2D eigenvalue weighted by atomic mass is 19.1. The molecule has 0 saturated heterocycles. The molecule has 0 heterocycles. The van der Waals surface area contributed by atoms with Crippen LogP contribution < -0.4 is 5.32 Å². The quantitative estimate of drug-likeness (QED) is 0.891. The van der Waals surface area contributed by atoms with Gasteiger partial charge in [0.25, 0.3) is 0 Å². The minimum absolute atomic E-state index is 0.0358. The molecule has 0 fully saturated rings. The summed E-state index contributed by atoms with van der Waals surface area (Å²) in [5.41, 5.74) is 3.41. The van der Waals surface area contributed by atoms with Crippen LogP contribution in [0.15, 0.2) is 42.5 Å². The van der Waals surface area contributed by atoms with Crippen LogP contribution in [0.4, 0.5) is 4.39 Å². The number of hydrogen-bond donors (Lipinski definition) is 2. The summed E-state index contributed by atoms with van der Waals surface area (Å²) in [4.78, 5) is 0. The number of halogens is 1. The number of aromatic hydroxyl groups is 1. The summed E-state index contributed by atoms with van der Waals surface area (Å²) in [7, 11) is 0. The molecule has 3 rings (SSSR count). The molecule has 0 bridgehead atoms. The van der Waals surface area contributed by atoms with Crippen molar-refractivity contribution in [2.45, 2.75) is 25.3 Å². The van der Waals surface area contributed by atoms with Crippen molar-refractivity contribution in [1.29, 1.82) is 0 Å². The minimum atomic E-state index is -0.362. The maximum absolute atomic E-state index is 13.8. The largest absolute Gasteiger partial charge is 0.508 e. The lowest BCUT2D eigenvalue weighted by molar-refractivity contribution is 0.456. The number of fused-ring (bicyclic) bond motifs is 1. The Morgan fingerprint density at radius 1 is 1.30 bits per heavy atom. The van der Waals surface area contributed by atoms with Gasteiger partial charge in [-0.25, -0.2) is 4.39 Å². The van der Waals surface area contributed by atoms with E-state index in [1.54, 1.807) is 6.07 Å².